The molecule has 0 radical (unpaired) electrons. The molecule has 0 saturated heterocycles. The Morgan fingerprint density at radius 2 is 2.36 bits per heavy atom. The van der Waals surface area contributed by atoms with Crippen molar-refractivity contribution in [3.63, 3.8) is 0 Å². The van der Waals surface area contributed by atoms with Crippen molar-refractivity contribution in [2.24, 2.45) is 0 Å². The lowest BCUT2D eigenvalue weighted by atomic mass is 10.3. The molecule has 76 valence electrons. The van der Waals surface area contributed by atoms with Crippen molar-refractivity contribution in [3.8, 4) is 0 Å². The predicted octanol–water partition coefficient (Wildman–Crippen LogP) is -0.281. The van der Waals surface area contributed by atoms with Crippen LogP contribution in [0.2, 0.25) is 0 Å². The predicted molar refractivity (Wildman–Crippen MR) is 50.7 cm³/mol. The van der Waals surface area contributed by atoms with E-state index in [1.807, 2.05) is 18.2 Å². The number of aromatic nitrogens is 1. The van der Waals surface area contributed by atoms with Crippen LogP contribution in [-0.2, 0) is 11.2 Å². The van der Waals surface area contributed by atoms with Gasteiger partial charge in [0.25, 0.3) is 5.91 Å². The first-order chi connectivity index (χ1) is 6.83. The average Bonchev–Trinajstić information content (AvgIpc) is 2.25. The smallest absolute Gasteiger partial charge is 0.257 e. The molecule has 0 unspecified atom stereocenters. The first-order valence-electron chi connectivity index (χ1n) is 4.36. The van der Waals surface area contributed by atoms with Gasteiger partial charge in [0.1, 0.15) is 0 Å². The Morgan fingerprint density at radius 3 is 3.00 bits per heavy atom. The third-order valence-electron chi connectivity index (χ3n) is 1.69. The fourth-order valence-corrected chi connectivity index (χ4v) is 1.00. The summed E-state index contributed by atoms with van der Waals surface area (Å²) in [5.74, 6) is -0.439. The van der Waals surface area contributed by atoms with Gasteiger partial charge in [0.15, 0.2) is 0 Å². The van der Waals surface area contributed by atoms with Crippen LogP contribution in [0.4, 0.5) is 0 Å². The standard InChI is InChI=1S/C9H13N3O2/c13-9(12-14)7-10-6-4-8-3-1-2-5-11-8/h1-3,5,10,14H,4,6-7H2,(H,12,13). The molecule has 0 atom stereocenters. The van der Waals surface area contributed by atoms with Gasteiger partial charge in [-0.25, -0.2) is 5.48 Å². The van der Waals surface area contributed by atoms with Crippen molar-refractivity contribution >= 4 is 5.91 Å². The van der Waals surface area contributed by atoms with E-state index in [0.29, 0.717) is 6.54 Å². The number of pyridine rings is 1. The van der Waals surface area contributed by atoms with E-state index in [4.69, 9.17) is 5.21 Å². The van der Waals surface area contributed by atoms with Crippen LogP contribution in [0.25, 0.3) is 0 Å². The summed E-state index contributed by atoms with van der Waals surface area (Å²) >= 11 is 0. The van der Waals surface area contributed by atoms with E-state index >= 15 is 0 Å². The second-order valence-corrected chi connectivity index (χ2v) is 2.78. The van der Waals surface area contributed by atoms with E-state index in [9.17, 15) is 4.79 Å². The Morgan fingerprint density at radius 1 is 1.50 bits per heavy atom. The highest BCUT2D eigenvalue weighted by Crippen LogP contribution is 1.92. The minimum absolute atomic E-state index is 0.114. The van der Waals surface area contributed by atoms with Crippen molar-refractivity contribution < 1.29 is 10.0 Å². The molecular weight excluding hydrogens is 182 g/mol. The molecule has 0 saturated carbocycles. The largest absolute Gasteiger partial charge is 0.308 e. The summed E-state index contributed by atoms with van der Waals surface area (Å²) in [6.07, 6.45) is 2.50. The monoisotopic (exact) mass is 195 g/mol. The third kappa shape index (κ3) is 3.97. The second-order valence-electron chi connectivity index (χ2n) is 2.78. The maximum atomic E-state index is 10.6. The van der Waals surface area contributed by atoms with Gasteiger partial charge >= 0.3 is 0 Å². The highest BCUT2D eigenvalue weighted by Gasteiger charge is 1.97. The van der Waals surface area contributed by atoms with Crippen LogP contribution >= 0.6 is 0 Å². The normalized spacial score (nSPS) is 9.79. The summed E-state index contributed by atoms with van der Waals surface area (Å²) in [6, 6.07) is 5.70. The van der Waals surface area contributed by atoms with Gasteiger partial charge < -0.3 is 5.32 Å². The van der Waals surface area contributed by atoms with Crippen LogP contribution in [0.15, 0.2) is 24.4 Å². The number of rotatable bonds is 5. The first-order valence-corrected chi connectivity index (χ1v) is 4.36. The zero-order chi connectivity index (χ0) is 10.2. The molecule has 3 N–H and O–H groups in total. The minimum Gasteiger partial charge on any atom is -0.308 e. The van der Waals surface area contributed by atoms with Gasteiger partial charge in [-0.3, -0.25) is 15.0 Å². The number of carbonyl (C=O) groups is 1. The average molecular weight is 195 g/mol. The van der Waals surface area contributed by atoms with E-state index in [2.05, 4.69) is 10.3 Å². The first kappa shape index (κ1) is 10.6. The molecular formula is C9H13N3O2. The maximum Gasteiger partial charge on any atom is 0.257 e. The SMILES string of the molecule is O=C(CNCCc1ccccn1)NO. The molecule has 0 aliphatic rings. The van der Waals surface area contributed by atoms with Crippen LogP contribution < -0.4 is 10.8 Å². The quantitative estimate of drug-likeness (QED) is 0.343. The summed E-state index contributed by atoms with van der Waals surface area (Å²) in [5, 5.41) is 11.1. The number of carbonyl (C=O) groups excluding carboxylic acids is 1. The Hall–Kier alpha value is -1.46. The highest BCUT2D eigenvalue weighted by molar-refractivity contribution is 5.76. The molecule has 14 heavy (non-hydrogen) atoms. The van der Waals surface area contributed by atoms with Crippen molar-refractivity contribution in [3.05, 3.63) is 30.1 Å². The number of hydrogen-bond donors (Lipinski definition) is 3. The molecule has 1 rings (SSSR count). The van der Waals surface area contributed by atoms with Gasteiger partial charge in [0, 0.05) is 24.9 Å². The Kier molecular flexibility index (Phi) is 4.60. The van der Waals surface area contributed by atoms with Crippen LogP contribution in [0.3, 0.4) is 0 Å². The molecule has 1 amide bonds. The Balaban J connectivity index is 2.13. The number of amides is 1. The van der Waals surface area contributed by atoms with Gasteiger partial charge in [-0.15, -0.1) is 0 Å². The molecule has 0 aliphatic carbocycles. The molecule has 0 bridgehead atoms. The zero-order valence-corrected chi connectivity index (χ0v) is 7.73. The lowest BCUT2D eigenvalue weighted by Gasteiger charge is -2.02. The van der Waals surface area contributed by atoms with Crippen LogP contribution in [0, 0.1) is 0 Å². The van der Waals surface area contributed by atoms with Crippen molar-refractivity contribution in [1.82, 2.24) is 15.8 Å². The number of hydroxylamine groups is 1. The number of nitrogens with zero attached hydrogens (tertiary/aromatic N) is 1. The van der Waals surface area contributed by atoms with Crippen LogP contribution in [-0.4, -0.2) is 29.2 Å². The van der Waals surface area contributed by atoms with Gasteiger partial charge in [0.05, 0.1) is 6.54 Å². The Bertz CT molecular complexity index is 277. The van der Waals surface area contributed by atoms with E-state index in [-0.39, 0.29) is 6.54 Å². The molecule has 1 aromatic heterocycles. The van der Waals surface area contributed by atoms with Crippen molar-refractivity contribution in [1.29, 1.82) is 0 Å². The summed E-state index contributed by atoms with van der Waals surface area (Å²) in [5.41, 5.74) is 2.52. The molecule has 0 aliphatic heterocycles. The number of nitrogens with one attached hydrogen (secondary N) is 2. The van der Waals surface area contributed by atoms with Crippen LogP contribution in [0.5, 0.6) is 0 Å². The molecule has 0 fully saturated rings. The zero-order valence-electron chi connectivity index (χ0n) is 7.73. The second kappa shape index (κ2) is 6.06. The molecule has 5 nitrogen and oxygen atoms in total. The lowest BCUT2D eigenvalue weighted by Crippen LogP contribution is -2.32. The van der Waals surface area contributed by atoms with Gasteiger partial charge in [-0.2, -0.15) is 0 Å². The van der Waals surface area contributed by atoms with Crippen molar-refractivity contribution in [2.45, 2.75) is 6.42 Å². The topological polar surface area (TPSA) is 74.2 Å². The molecule has 5 heteroatoms. The fraction of sp³-hybridized carbons (Fsp3) is 0.333. The lowest BCUT2D eigenvalue weighted by molar-refractivity contribution is -0.128. The summed E-state index contributed by atoms with van der Waals surface area (Å²) in [6.45, 7) is 0.772. The maximum absolute atomic E-state index is 10.6. The van der Waals surface area contributed by atoms with E-state index < -0.39 is 5.91 Å². The van der Waals surface area contributed by atoms with Gasteiger partial charge in [-0.05, 0) is 12.1 Å². The molecule has 0 aromatic carbocycles. The summed E-state index contributed by atoms with van der Waals surface area (Å²) < 4.78 is 0. The highest BCUT2D eigenvalue weighted by atomic mass is 16.5. The fourth-order valence-electron chi connectivity index (χ4n) is 1.00. The summed E-state index contributed by atoms with van der Waals surface area (Å²) in [7, 11) is 0. The third-order valence-corrected chi connectivity index (χ3v) is 1.69. The van der Waals surface area contributed by atoms with E-state index in [1.165, 1.54) is 0 Å². The van der Waals surface area contributed by atoms with E-state index in [1.54, 1.807) is 11.7 Å². The Labute approximate surface area is 82.1 Å². The molecule has 0 spiro atoms. The van der Waals surface area contributed by atoms with E-state index in [0.717, 1.165) is 12.1 Å². The van der Waals surface area contributed by atoms with Crippen LogP contribution in [0.1, 0.15) is 5.69 Å². The molecule has 1 aromatic rings. The van der Waals surface area contributed by atoms with Crippen molar-refractivity contribution in [2.75, 3.05) is 13.1 Å². The molecule has 1 heterocycles. The van der Waals surface area contributed by atoms with Gasteiger partial charge in [0.2, 0.25) is 0 Å². The summed E-state index contributed by atoms with van der Waals surface area (Å²) in [4.78, 5) is 14.7. The number of hydrogen-bond acceptors (Lipinski definition) is 4. The van der Waals surface area contributed by atoms with Gasteiger partial charge in [-0.1, -0.05) is 6.07 Å². The minimum atomic E-state index is -0.439.